The molecule has 4 aromatic carbocycles. The van der Waals surface area contributed by atoms with Gasteiger partial charge in [-0.15, -0.1) is 0 Å². The summed E-state index contributed by atoms with van der Waals surface area (Å²) in [5.74, 6) is -0.175. The molecule has 1 amide bonds. The van der Waals surface area contributed by atoms with Crippen molar-refractivity contribution in [2.75, 3.05) is 4.90 Å². The highest BCUT2D eigenvalue weighted by molar-refractivity contribution is 7.99. The van der Waals surface area contributed by atoms with Crippen molar-refractivity contribution in [3.05, 3.63) is 90.0 Å². The molecule has 29 heavy (non-hydrogen) atoms. The molecule has 1 aliphatic rings. The highest BCUT2D eigenvalue weighted by atomic mass is 32.2. The average molecular weight is 399 g/mol. The van der Waals surface area contributed by atoms with Crippen molar-refractivity contribution >= 4 is 34.1 Å². The summed E-state index contributed by atoms with van der Waals surface area (Å²) < 4.78 is 0. The quantitative estimate of drug-likeness (QED) is 0.473. The molecule has 0 bridgehead atoms. The van der Waals surface area contributed by atoms with E-state index >= 15 is 0 Å². The molecule has 0 unspecified atom stereocenters. The van der Waals surface area contributed by atoms with Gasteiger partial charge in [0.1, 0.15) is 11.5 Å². The Morgan fingerprint density at radius 1 is 0.828 bits per heavy atom. The lowest BCUT2D eigenvalue weighted by Gasteiger charge is -2.15. The van der Waals surface area contributed by atoms with Crippen LogP contribution in [0.3, 0.4) is 0 Å². The van der Waals surface area contributed by atoms with Gasteiger partial charge < -0.3 is 15.1 Å². The molecule has 0 saturated carbocycles. The van der Waals surface area contributed by atoms with Crippen LogP contribution in [0.15, 0.2) is 88.7 Å². The van der Waals surface area contributed by atoms with E-state index in [1.165, 1.54) is 11.8 Å². The number of fused-ring (bicyclic) bond motifs is 2. The number of hydrogen-bond donors (Lipinski definition) is 2. The average Bonchev–Trinajstić information content (AvgIpc) is 3.10. The summed E-state index contributed by atoms with van der Waals surface area (Å²) in [6.45, 7) is 0.261. The van der Waals surface area contributed by atoms with Crippen LogP contribution in [0.5, 0.6) is 11.5 Å². The Bertz CT molecular complexity index is 1240. The SMILES string of the molecule is O=C1c2c(c(O)c3c(O)cccc3c2Sc2ccccc2)CN1c1ccccc1. The molecule has 0 aromatic heterocycles. The second kappa shape index (κ2) is 6.87. The van der Waals surface area contributed by atoms with Gasteiger partial charge in [0.25, 0.3) is 5.91 Å². The van der Waals surface area contributed by atoms with E-state index in [1.54, 1.807) is 17.0 Å². The van der Waals surface area contributed by atoms with E-state index in [2.05, 4.69) is 0 Å². The van der Waals surface area contributed by atoms with E-state index in [1.807, 2.05) is 66.7 Å². The van der Waals surface area contributed by atoms with E-state index < -0.39 is 0 Å². The predicted molar refractivity (Wildman–Crippen MR) is 115 cm³/mol. The summed E-state index contributed by atoms with van der Waals surface area (Å²) >= 11 is 1.47. The van der Waals surface area contributed by atoms with Crippen molar-refractivity contribution in [2.24, 2.45) is 0 Å². The Labute approximate surface area is 172 Å². The summed E-state index contributed by atoms with van der Waals surface area (Å²) in [6.07, 6.45) is 0. The molecule has 0 saturated heterocycles. The fraction of sp³-hybridized carbons (Fsp3) is 0.0417. The molecule has 0 fully saturated rings. The number of aromatic hydroxyl groups is 2. The van der Waals surface area contributed by atoms with Crippen molar-refractivity contribution in [1.82, 2.24) is 0 Å². The second-order valence-electron chi connectivity index (χ2n) is 6.87. The summed E-state index contributed by atoms with van der Waals surface area (Å²) in [7, 11) is 0. The van der Waals surface area contributed by atoms with Crippen LogP contribution in [0.25, 0.3) is 10.8 Å². The molecular formula is C24H17NO3S. The molecule has 0 aliphatic carbocycles. The third-order valence-electron chi connectivity index (χ3n) is 5.14. The Morgan fingerprint density at radius 2 is 1.52 bits per heavy atom. The maximum Gasteiger partial charge on any atom is 0.260 e. The summed E-state index contributed by atoms with van der Waals surface area (Å²) in [6, 6.07) is 24.3. The maximum atomic E-state index is 13.4. The second-order valence-corrected chi connectivity index (χ2v) is 7.96. The van der Waals surface area contributed by atoms with Gasteiger partial charge in [0.2, 0.25) is 0 Å². The van der Waals surface area contributed by atoms with Crippen molar-refractivity contribution in [2.45, 2.75) is 16.3 Å². The van der Waals surface area contributed by atoms with Gasteiger partial charge in [0.05, 0.1) is 17.5 Å². The number of anilines is 1. The summed E-state index contributed by atoms with van der Waals surface area (Å²) in [5.41, 5.74) is 1.82. The summed E-state index contributed by atoms with van der Waals surface area (Å²) in [4.78, 5) is 16.8. The van der Waals surface area contributed by atoms with Crippen LogP contribution in [0.1, 0.15) is 15.9 Å². The van der Waals surface area contributed by atoms with Crippen LogP contribution in [-0.4, -0.2) is 16.1 Å². The molecule has 5 heteroatoms. The first-order valence-electron chi connectivity index (χ1n) is 9.24. The van der Waals surface area contributed by atoms with Gasteiger partial charge in [-0.1, -0.05) is 60.3 Å². The minimum Gasteiger partial charge on any atom is -0.507 e. The number of benzene rings is 4. The molecule has 4 aromatic rings. The number of carbonyl (C=O) groups excluding carboxylic acids is 1. The molecule has 142 valence electrons. The monoisotopic (exact) mass is 399 g/mol. The number of amides is 1. The number of phenolic OH excluding ortho intramolecular Hbond substituents is 2. The molecule has 0 spiro atoms. The number of para-hydroxylation sites is 1. The Hall–Kier alpha value is -3.44. The minimum atomic E-state index is -0.148. The highest BCUT2D eigenvalue weighted by Crippen LogP contribution is 2.49. The number of nitrogens with zero attached hydrogens (tertiary/aromatic N) is 1. The number of hydrogen-bond acceptors (Lipinski definition) is 4. The van der Waals surface area contributed by atoms with E-state index in [0.717, 1.165) is 15.5 Å². The molecular weight excluding hydrogens is 382 g/mol. The largest absolute Gasteiger partial charge is 0.507 e. The standard InChI is InChI=1S/C24H17NO3S/c26-19-13-7-12-17-20(19)22(27)18-14-25(15-8-3-1-4-9-15)24(28)21(18)23(17)29-16-10-5-2-6-11-16/h1-13,26-27H,14H2. The van der Waals surface area contributed by atoms with Crippen molar-refractivity contribution < 1.29 is 15.0 Å². The summed E-state index contributed by atoms with van der Waals surface area (Å²) in [5, 5.41) is 22.5. The first kappa shape index (κ1) is 17.6. The third-order valence-corrected chi connectivity index (χ3v) is 6.28. The third kappa shape index (κ3) is 2.82. The van der Waals surface area contributed by atoms with Crippen molar-refractivity contribution in [1.29, 1.82) is 0 Å². The lowest BCUT2D eigenvalue weighted by molar-refractivity contribution is 0.0994. The Balaban J connectivity index is 1.76. The first-order chi connectivity index (χ1) is 14.1. The van der Waals surface area contributed by atoms with Gasteiger partial charge in [0, 0.05) is 26.4 Å². The van der Waals surface area contributed by atoms with Gasteiger partial charge in [-0.3, -0.25) is 4.79 Å². The smallest absolute Gasteiger partial charge is 0.260 e. The Kier molecular flexibility index (Phi) is 4.18. The van der Waals surface area contributed by atoms with Gasteiger partial charge in [-0.05, 0) is 30.3 Å². The normalized spacial score (nSPS) is 13.1. The van der Waals surface area contributed by atoms with Crippen LogP contribution in [0.2, 0.25) is 0 Å². The van der Waals surface area contributed by atoms with E-state index in [0.29, 0.717) is 21.9 Å². The highest BCUT2D eigenvalue weighted by Gasteiger charge is 2.36. The zero-order valence-corrected chi connectivity index (χ0v) is 16.2. The fourth-order valence-corrected chi connectivity index (χ4v) is 4.91. The molecule has 5 rings (SSSR count). The van der Waals surface area contributed by atoms with Crippen molar-refractivity contribution in [3.63, 3.8) is 0 Å². The topological polar surface area (TPSA) is 60.8 Å². The molecule has 4 nitrogen and oxygen atoms in total. The molecule has 2 N–H and O–H groups in total. The van der Waals surface area contributed by atoms with Gasteiger partial charge in [-0.25, -0.2) is 0 Å². The van der Waals surface area contributed by atoms with Crippen LogP contribution in [-0.2, 0) is 6.54 Å². The predicted octanol–water partition coefficient (Wildman–Crippen LogP) is 5.56. The lowest BCUT2D eigenvalue weighted by Crippen LogP contribution is -2.23. The molecule has 1 aliphatic heterocycles. The lowest BCUT2D eigenvalue weighted by atomic mass is 10.00. The minimum absolute atomic E-state index is 0.00308. The number of rotatable bonds is 3. The molecule has 0 radical (unpaired) electrons. The van der Waals surface area contributed by atoms with Crippen LogP contribution in [0.4, 0.5) is 5.69 Å². The fourth-order valence-electron chi connectivity index (χ4n) is 3.79. The van der Waals surface area contributed by atoms with Gasteiger partial charge in [-0.2, -0.15) is 0 Å². The van der Waals surface area contributed by atoms with Crippen LogP contribution < -0.4 is 4.90 Å². The number of phenols is 2. The maximum absolute atomic E-state index is 13.4. The van der Waals surface area contributed by atoms with Gasteiger partial charge >= 0.3 is 0 Å². The van der Waals surface area contributed by atoms with Crippen LogP contribution in [0, 0.1) is 0 Å². The van der Waals surface area contributed by atoms with E-state index in [-0.39, 0.29) is 24.0 Å². The zero-order valence-electron chi connectivity index (χ0n) is 15.4. The first-order valence-corrected chi connectivity index (χ1v) is 10.1. The molecule has 0 atom stereocenters. The van der Waals surface area contributed by atoms with Crippen molar-refractivity contribution in [3.8, 4) is 11.5 Å². The molecule has 1 heterocycles. The van der Waals surface area contributed by atoms with E-state index in [9.17, 15) is 15.0 Å². The Morgan fingerprint density at radius 3 is 2.24 bits per heavy atom. The van der Waals surface area contributed by atoms with E-state index in [4.69, 9.17) is 0 Å². The van der Waals surface area contributed by atoms with Gasteiger partial charge in [0.15, 0.2) is 0 Å². The zero-order chi connectivity index (χ0) is 20.0. The number of carbonyl (C=O) groups is 1. The van der Waals surface area contributed by atoms with Crippen LogP contribution >= 0.6 is 11.8 Å².